The molecule has 22 heavy (non-hydrogen) atoms. The van der Waals surface area contributed by atoms with Crippen molar-refractivity contribution in [3.05, 3.63) is 65.9 Å². The number of aromatic nitrogens is 1. The van der Waals surface area contributed by atoms with Gasteiger partial charge in [-0.05, 0) is 32.0 Å². The lowest BCUT2D eigenvalue weighted by molar-refractivity contribution is 0.101. The molecule has 0 bridgehead atoms. The Bertz CT molecular complexity index is 859. The maximum Gasteiger partial charge on any atom is 0.159 e. The van der Waals surface area contributed by atoms with Gasteiger partial charge >= 0.3 is 0 Å². The standard InChI is InChI=1S/C19H18N2O/c1-3-21-13-16(18-9-4-5-10-19(18)21)12-20-17-8-6-7-15(11-17)14(2)22/h4-13H,3H2,1-2H3. The molecule has 0 saturated heterocycles. The summed E-state index contributed by atoms with van der Waals surface area (Å²) in [4.78, 5) is 16.0. The molecule has 0 spiro atoms. The average Bonchev–Trinajstić information content (AvgIpc) is 2.91. The van der Waals surface area contributed by atoms with Crippen LogP contribution in [0, 0.1) is 0 Å². The van der Waals surface area contributed by atoms with Crippen molar-refractivity contribution in [2.24, 2.45) is 4.99 Å². The number of carbonyl (C=O) groups excluding carboxylic acids is 1. The molecule has 3 rings (SSSR count). The second-order valence-electron chi connectivity index (χ2n) is 5.25. The molecule has 0 amide bonds. The summed E-state index contributed by atoms with van der Waals surface area (Å²) in [6.45, 7) is 4.62. The number of carbonyl (C=O) groups is 1. The normalized spacial score (nSPS) is 11.4. The third-order valence-electron chi connectivity index (χ3n) is 3.77. The van der Waals surface area contributed by atoms with Crippen LogP contribution in [0.25, 0.3) is 10.9 Å². The van der Waals surface area contributed by atoms with Gasteiger partial charge in [0.2, 0.25) is 0 Å². The number of nitrogens with zero attached hydrogens (tertiary/aromatic N) is 2. The van der Waals surface area contributed by atoms with Crippen molar-refractivity contribution >= 4 is 28.6 Å². The zero-order chi connectivity index (χ0) is 15.5. The van der Waals surface area contributed by atoms with E-state index in [4.69, 9.17) is 0 Å². The van der Waals surface area contributed by atoms with Crippen LogP contribution in [-0.2, 0) is 6.54 Å². The zero-order valence-electron chi connectivity index (χ0n) is 12.8. The molecule has 0 aliphatic carbocycles. The lowest BCUT2D eigenvalue weighted by Gasteiger charge is -1.98. The number of hydrogen-bond acceptors (Lipinski definition) is 2. The molecular formula is C19H18N2O. The molecule has 3 nitrogen and oxygen atoms in total. The van der Waals surface area contributed by atoms with Crippen LogP contribution in [0.4, 0.5) is 5.69 Å². The van der Waals surface area contributed by atoms with E-state index < -0.39 is 0 Å². The Hall–Kier alpha value is -2.68. The quantitative estimate of drug-likeness (QED) is 0.510. The van der Waals surface area contributed by atoms with Crippen LogP contribution in [0.1, 0.15) is 29.8 Å². The topological polar surface area (TPSA) is 34.4 Å². The Morgan fingerprint density at radius 1 is 1.18 bits per heavy atom. The third-order valence-corrected chi connectivity index (χ3v) is 3.77. The largest absolute Gasteiger partial charge is 0.347 e. The minimum atomic E-state index is 0.0552. The second-order valence-corrected chi connectivity index (χ2v) is 5.25. The van der Waals surface area contributed by atoms with Crippen molar-refractivity contribution in [2.45, 2.75) is 20.4 Å². The SMILES string of the molecule is CCn1cc(C=Nc2cccc(C(C)=O)c2)c2ccccc21. The summed E-state index contributed by atoms with van der Waals surface area (Å²) in [6.07, 6.45) is 3.98. The van der Waals surface area contributed by atoms with Gasteiger partial charge in [-0.15, -0.1) is 0 Å². The van der Waals surface area contributed by atoms with Gasteiger partial charge in [0, 0.05) is 41.0 Å². The number of rotatable bonds is 4. The molecule has 0 fully saturated rings. The Kier molecular flexibility index (Phi) is 3.88. The monoisotopic (exact) mass is 290 g/mol. The van der Waals surface area contributed by atoms with Gasteiger partial charge in [-0.2, -0.15) is 0 Å². The van der Waals surface area contributed by atoms with Gasteiger partial charge in [0.15, 0.2) is 5.78 Å². The first-order valence-electron chi connectivity index (χ1n) is 7.42. The van der Waals surface area contributed by atoms with E-state index in [0.717, 1.165) is 17.8 Å². The molecule has 1 aromatic heterocycles. The fourth-order valence-electron chi connectivity index (χ4n) is 2.59. The number of Topliss-reactive ketones (excluding diaryl/α,β-unsaturated/α-hetero) is 1. The van der Waals surface area contributed by atoms with Crippen LogP contribution >= 0.6 is 0 Å². The molecule has 0 N–H and O–H groups in total. The van der Waals surface area contributed by atoms with E-state index in [1.165, 1.54) is 10.9 Å². The van der Waals surface area contributed by atoms with E-state index in [9.17, 15) is 4.79 Å². The summed E-state index contributed by atoms with van der Waals surface area (Å²) in [5.41, 5.74) is 3.78. The van der Waals surface area contributed by atoms with Crippen molar-refractivity contribution in [1.82, 2.24) is 4.57 Å². The Morgan fingerprint density at radius 2 is 2.00 bits per heavy atom. The predicted molar refractivity (Wildman–Crippen MR) is 91.3 cm³/mol. The number of hydrogen-bond donors (Lipinski definition) is 0. The molecular weight excluding hydrogens is 272 g/mol. The summed E-state index contributed by atoms with van der Waals surface area (Å²) in [7, 11) is 0. The summed E-state index contributed by atoms with van der Waals surface area (Å²) in [5, 5.41) is 1.19. The summed E-state index contributed by atoms with van der Waals surface area (Å²) < 4.78 is 2.21. The highest BCUT2D eigenvalue weighted by Gasteiger charge is 2.05. The van der Waals surface area contributed by atoms with E-state index in [1.54, 1.807) is 6.92 Å². The molecule has 0 unspecified atom stereocenters. The van der Waals surface area contributed by atoms with Crippen molar-refractivity contribution in [1.29, 1.82) is 0 Å². The molecule has 1 heterocycles. The smallest absolute Gasteiger partial charge is 0.159 e. The van der Waals surface area contributed by atoms with E-state index in [0.29, 0.717) is 5.56 Å². The summed E-state index contributed by atoms with van der Waals surface area (Å²) in [5.74, 6) is 0.0552. The molecule has 0 atom stereocenters. The number of benzene rings is 2. The molecule has 0 radical (unpaired) electrons. The summed E-state index contributed by atoms with van der Waals surface area (Å²) >= 11 is 0. The molecule has 2 aromatic carbocycles. The first-order chi connectivity index (χ1) is 10.7. The number of ketones is 1. The van der Waals surface area contributed by atoms with E-state index in [-0.39, 0.29) is 5.78 Å². The van der Waals surface area contributed by atoms with Gasteiger partial charge in [-0.3, -0.25) is 9.79 Å². The Morgan fingerprint density at radius 3 is 2.77 bits per heavy atom. The number of para-hydroxylation sites is 1. The fourth-order valence-corrected chi connectivity index (χ4v) is 2.59. The maximum atomic E-state index is 11.4. The lowest BCUT2D eigenvalue weighted by atomic mass is 10.1. The van der Waals surface area contributed by atoms with Gasteiger partial charge in [0.05, 0.1) is 5.69 Å². The Balaban J connectivity index is 1.99. The minimum Gasteiger partial charge on any atom is -0.347 e. The van der Waals surface area contributed by atoms with Crippen LogP contribution in [0.2, 0.25) is 0 Å². The average molecular weight is 290 g/mol. The van der Waals surface area contributed by atoms with Crippen molar-refractivity contribution in [2.75, 3.05) is 0 Å². The molecule has 3 heteroatoms. The number of aryl methyl sites for hydroxylation is 1. The number of aliphatic imine (C=N–C) groups is 1. The molecule has 3 aromatic rings. The van der Waals surface area contributed by atoms with Crippen LogP contribution < -0.4 is 0 Å². The van der Waals surface area contributed by atoms with Gasteiger partial charge < -0.3 is 4.57 Å². The first kappa shape index (κ1) is 14.3. The highest BCUT2D eigenvalue weighted by atomic mass is 16.1. The highest BCUT2D eigenvalue weighted by molar-refractivity contribution is 6.00. The van der Waals surface area contributed by atoms with Gasteiger partial charge in [0.1, 0.15) is 0 Å². The van der Waals surface area contributed by atoms with Crippen LogP contribution in [0.5, 0.6) is 0 Å². The second kappa shape index (κ2) is 5.98. The predicted octanol–water partition coefficient (Wildman–Crippen LogP) is 4.61. The van der Waals surface area contributed by atoms with Crippen molar-refractivity contribution in [3.8, 4) is 0 Å². The summed E-state index contributed by atoms with van der Waals surface area (Å²) in [6, 6.07) is 15.7. The Labute approximate surface area is 129 Å². The van der Waals surface area contributed by atoms with Crippen LogP contribution in [-0.4, -0.2) is 16.6 Å². The highest BCUT2D eigenvalue weighted by Crippen LogP contribution is 2.21. The van der Waals surface area contributed by atoms with E-state index >= 15 is 0 Å². The fraction of sp³-hybridized carbons (Fsp3) is 0.158. The minimum absolute atomic E-state index is 0.0552. The molecule has 110 valence electrons. The lowest BCUT2D eigenvalue weighted by Crippen LogP contribution is -1.90. The van der Waals surface area contributed by atoms with Crippen LogP contribution in [0.3, 0.4) is 0 Å². The molecule has 0 saturated carbocycles. The van der Waals surface area contributed by atoms with E-state index in [2.05, 4.69) is 34.8 Å². The zero-order valence-corrected chi connectivity index (χ0v) is 12.8. The van der Waals surface area contributed by atoms with Crippen LogP contribution in [0.15, 0.2) is 59.7 Å². The van der Waals surface area contributed by atoms with Gasteiger partial charge in [0.25, 0.3) is 0 Å². The molecule has 0 aliphatic heterocycles. The van der Waals surface area contributed by atoms with E-state index in [1.807, 2.05) is 42.6 Å². The van der Waals surface area contributed by atoms with Crippen molar-refractivity contribution < 1.29 is 4.79 Å². The van der Waals surface area contributed by atoms with Gasteiger partial charge in [-0.25, -0.2) is 0 Å². The first-order valence-corrected chi connectivity index (χ1v) is 7.42. The number of fused-ring (bicyclic) bond motifs is 1. The van der Waals surface area contributed by atoms with Crippen molar-refractivity contribution in [3.63, 3.8) is 0 Å². The molecule has 0 aliphatic rings. The third kappa shape index (κ3) is 2.70. The van der Waals surface area contributed by atoms with Gasteiger partial charge in [-0.1, -0.05) is 30.3 Å². The maximum absolute atomic E-state index is 11.4.